The van der Waals surface area contributed by atoms with Gasteiger partial charge in [0.2, 0.25) is 5.91 Å². The van der Waals surface area contributed by atoms with Crippen LogP contribution in [0.2, 0.25) is 0 Å². The zero-order chi connectivity index (χ0) is 13.3. The Labute approximate surface area is 107 Å². The molecule has 2 heterocycles. The minimum Gasteiger partial charge on any atom is -0.465 e. The van der Waals surface area contributed by atoms with Crippen LogP contribution in [-0.2, 0) is 4.74 Å². The molecule has 0 N–H and O–H groups in total. The molecule has 18 heavy (non-hydrogen) atoms. The van der Waals surface area contributed by atoms with Gasteiger partial charge in [-0.15, -0.1) is 0 Å². The predicted octanol–water partition coefficient (Wildman–Crippen LogP) is 2.04. The van der Waals surface area contributed by atoms with Gasteiger partial charge < -0.3 is 4.74 Å². The van der Waals surface area contributed by atoms with Crippen molar-refractivity contribution in [3.63, 3.8) is 0 Å². The molecule has 0 saturated carbocycles. The van der Waals surface area contributed by atoms with E-state index in [0.717, 1.165) is 0 Å². The van der Waals surface area contributed by atoms with Crippen LogP contribution in [0.5, 0.6) is 0 Å². The summed E-state index contributed by atoms with van der Waals surface area (Å²) in [6.07, 6.45) is 3.82. The Hall–Kier alpha value is -1.82. The van der Waals surface area contributed by atoms with Gasteiger partial charge in [0.15, 0.2) is 0 Å². The van der Waals surface area contributed by atoms with E-state index >= 15 is 0 Å². The van der Waals surface area contributed by atoms with Gasteiger partial charge in [-0.05, 0) is 17.7 Å². The lowest BCUT2D eigenvalue weighted by Gasteiger charge is -2.08. The zero-order valence-corrected chi connectivity index (χ0v) is 11.3. The first-order valence-corrected chi connectivity index (χ1v) is 6.86. The SMILES string of the molecule is COC(=O)c1c([SH]2C=CC=C2)nn(C(C)=O)c1C. The van der Waals surface area contributed by atoms with Crippen molar-refractivity contribution < 1.29 is 14.3 Å². The standard InChI is InChI=1S/C12H14N2O3S/c1-8-10(12(16)17-3)11(13-14(8)9(2)15)18-6-4-5-7-18/h4-7,18H,1-3H3. The minimum atomic E-state index is -0.765. The van der Waals surface area contributed by atoms with E-state index < -0.39 is 16.9 Å². The zero-order valence-electron chi connectivity index (χ0n) is 10.4. The van der Waals surface area contributed by atoms with Crippen molar-refractivity contribution in [2.75, 3.05) is 7.11 Å². The largest absolute Gasteiger partial charge is 0.465 e. The summed E-state index contributed by atoms with van der Waals surface area (Å²) in [7, 11) is 0.558. The molecule has 0 spiro atoms. The molecule has 5 nitrogen and oxygen atoms in total. The molecule has 1 aromatic rings. The molecule has 0 aromatic carbocycles. The summed E-state index contributed by atoms with van der Waals surface area (Å²) in [4.78, 5) is 23.3. The number of hydrogen-bond donors (Lipinski definition) is 1. The molecule has 0 atom stereocenters. The molecule has 1 aliphatic heterocycles. The van der Waals surface area contributed by atoms with E-state index in [1.54, 1.807) is 6.92 Å². The van der Waals surface area contributed by atoms with Crippen molar-refractivity contribution >= 4 is 22.8 Å². The smallest absolute Gasteiger partial charge is 0.342 e. The van der Waals surface area contributed by atoms with Gasteiger partial charge in [0, 0.05) is 6.92 Å². The quantitative estimate of drug-likeness (QED) is 0.657. The lowest BCUT2D eigenvalue weighted by atomic mass is 10.2. The number of rotatable bonds is 2. The van der Waals surface area contributed by atoms with Crippen LogP contribution >= 0.6 is 10.9 Å². The second-order valence-corrected chi connectivity index (χ2v) is 5.63. The lowest BCUT2D eigenvalue weighted by molar-refractivity contribution is 0.0596. The second kappa shape index (κ2) is 4.81. The highest BCUT2D eigenvalue weighted by molar-refractivity contribution is 8.22. The second-order valence-electron chi connectivity index (χ2n) is 3.80. The summed E-state index contributed by atoms with van der Waals surface area (Å²) in [5.41, 5.74) is 0.926. The fourth-order valence-electron chi connectivity index (χ4n) is 1.79. The normalized spacial score (nSPS) is 15.2. The highest BCUT2D eigenvalue weighted by atomic mass is 32.2. The lowest BCUT2D eigenvalue weighted by Crippen LogP contribution is -2.11. The van der Waals surface area contributed by atoms with Gasteiger partial charge in [0.1, 0.15) is 10.6 Å². The molecule has 0 fully saturated rings. The van der Waals surface area contributed by atoms with Gasteiger partial charge in [0.05, 0.1) is 12.8 Å². The molecule has 1 aliphatic rings. The van der Waals surface area contributed by atoms with Crippen LogP contribution in [0.1, 0.15) is 27.8 Å². The minimum absolute atomic E-state index is 0.217. The average Bonchev–Trinajstić information content (AvgIpc) is 2.94. The summed E-state index contributed by atoms with van der Waals surface area (Å²) in [5, 5.41) is 8.83. The molecule has 0 amide bonds. The van der Waals surface area contributed by atoms with E-state index in [-0.39, 0.29) is 5.91 Å². The summed E-state index contributed by atoms with van der Waals surface area (Å²) in [6, 6.07) is 0. The summed E-state index contributed by atoms with van der Waals surface area (Å²) in [6.45, 7) is 3.11. The third-order valence-corrected chi connectivity index (χ3v) is 4.42. The first kappa shape index (κ1) is 12.6. The number of allylic oxidation sites excluding steroid dienone is 2. The van der Waals surface area contributed by atoms with E-state index in [1.807, 2.05) is 23.0 Å². The first-order valence-electron chi connectivity index (χ1n) is 5.38. The van der Waals surface area contributed by atoms with E-state index in [4.69, 9.17) is 4.74 Å². The molecular weight excluding hydrogens is 252 g/mol. The number of aromatic nitrogens is 2. The van der Waals surface area contributed by atoms with E-state index in [1.165, 1.54) is 18.7 Å². The van der Waals surface area contributed by atoms with Gasteiger partial charge in [-0.3, -0.25) is 4.79 Å². The van der Waals surface area contributed by atoms with Gasteiger partial charge in [-0.25, -0.2) is 9.48 Å². The van der Waals surface area contributed by atoms with Gasteiger partial charge >= 0.3 is 5.97 Å². The Bertz CT molecular complexity index is 560. The molecule has 2 rings (SSSR count). The molecule has 0 saturated heterocycles. The number of nitrogens with zero attached hydrogens (tertiary/aromatic N) is 2. The maximum Gasteiger partial charge on any atom is 0.342 e. The highest BCUT2D eigenvalue weighted by Crippen LogP contribution is 2.43. The molecule has 0 bridgehead atoms. The molecule has 0 radical (unpaired) electrons. The van der Waals surface area contributed by atoms with Gasteiger partial charge in [-0.2, -0.15) is 16.0 Å². The fraction of sp³-hybridized carbons (Fsp3) is 0.250. The van der Waals surface area contributed by atoms with Crippen LogP contribution in [0.15, 0.2) is 28.0 Å². The Kier molecular flexibility index (Phi) is 3.38. The Morgan fingerprint density at radius 1 is 1.33 bits per heavy atom. The molecular formula is C12H14N2O3S. The first-order chi connectivity index (χ1) is 8.56. The van der Waals surface area contributed by atoms with Crippen molar-refractivity contribution in [3.8, 4) is 0 Å². The molecule has 96 valence electrons. The highest BCUT2D eigenvalue weighted by Gasteiger charge is 2.25. The number of carbonyl (C=O) groups excluding carboxylic acids is 2. The topological polar surface area (TPSA) is 61.2 Å². The van der Waals surface area contributed by atoms with Crippen LogP contribution in [-0.4, -0.2) is 28.8 Å². The predicted molar refractivity (Wildman–Crippen MR) is 70.1 cm³/mol. The van der Waals surface area contributed by atoms with Crippen LogP contribution in [0.4, 0.5) is 0 Å². The Morgan fingerprint density at radius 3 is 2.44 bits per heavy atom. The van der Waals surface area contributed by atoms with Crippen LogP contribution in [0.25, 0.3) is 0 Å². The maximum atomic E-state index is 11.8. The molecule has 0 unspecified atom stereocenters. The van der Waals surface area contributed by atoms with E-state index in [2.05, 4.69) is 5.10 Å². The van der Waals surface area contributed by atoms with E-state index in [9.17, 15) is 9.59 Å². The van der Waals surface area contributed by atoms with Crippen molar-refractivity contribution in [2.45, 2.75) is 18.9 Å². The number of carbonyl (C=O) groups is 2. The van der Waals surface area contributed by atoms with Gasteiger partial charge in [-0.1, -0.05) is 12.2 Å². The number of hydrogen-bond acceptors (Lipinski definition) is 4. The fourth-order valence-corrected chi connectivity index (χ4v) is 3.45. The number of ether oxygens (including phenoxy) is 1. The van der Waals surface area contributed by atoms with Crippen molar-refractivity contribution in [1.82, 2.24) is 9.78 Å². The molecule has 0 aliphatic carbocycles. The van der Waals surface area contributed by atoms with Crippen LogP contribution in [0.3, 0.4) is 0 Å². The molecule has 1 aromatic heterocycles. The van der Waals surface area contributed by atoms with Crippen molar-refractivity contribution in [3.05, 3.63) is 34.2 Å². The van der Waals surface area contributed by atoms with Crippen LogP contribution in [0, 0.1) is 6.92 Å². The monoisotopic (exact) mass is 266 g/mol. The van der Waals surface area contributed by atoms with Gasteiger partial charge in [0.25, 0.3) is 0 Å². The maximum absolute atomic E-state index is 11.8. The Morgan fingerprint density at radius 2 is 1.94 bits per heavy atom. The van der Waals surface area contributed by atoms with Crippen molar-refractivity contribution in [1.29, 1.82) is 0 Å². The number of thiol groups is 1. The Balaban J connectivity index is 2.59. The van der Waals surface area contributed by atoms with E-state index in [0.29, 0.717) is 16.3 Å². The summed E-state index contributed by atoms with van der Waals surface area (Å²) < 4.78 is 6.02. The summed E-state index contributed by atoms with van der Waals surface area (Å²) in [5.74, 6) is -0.669. The average molecular weight is 266 g/mol. The summed E-state index contributed by atoms with van der Waals surface area (Å²) >= 11 is 0. The third-order valence-electron chi connectivity index (χ3n) is 2.63. The number of methoxy groups -OCH3 is 1. The number of esters is 1. The van der Waals surface area contributed by atoms with Crippen molar-refractivity contribution in [2.24, 2.45) is 0 Å². The van der Waals surface area contributed by atoms with Crippen LogP contribution < -0.4 is 0 Å². The third kappa shape index (κ3) is 1.99. The molecule has 6 heteroatoms.